The summed E-state index contributed by atoms with van der Waals surface area (Å²) in [7, 11) is 0. The molecule has 0 saturated carbocycles. The Hall–Kier alpha value is -2.18. The highest BCUT2D eigenvalue weighted by atomic mass is 14.8. The molecule has 2 heterocycles. The topological polar surface area (TPSA) is 25.2 Å². The van der Waals surface area contributed by atoms with E-state index in [9.17, 15) is 0 Å². The number of hydrogen-bond donors (Lipinski definition) is 0. The van der Waals surface area contributed by atoms with Gasteiger partial charge in [-0.05, 0) is 37.6 Å². The Morgan fingerprint density at radius 2 is 2.06 bits per heavy atom. The smallest absolute Gasteiger partial charge is 0.0971 e. The summed E-state index contributed by atoms with van der Waals surface area (Å²) < 4.78 is 0. The van der Waals surface area contributed by atoms with Crippen LogP contribution in [0.25, 0.3) is 17.0 Å². The van der Waals surface area contributed by atoms with Gasteiger partial charge in [0.1, 0.15) is 0 Å². The Bertz CT molecular complexity index is 702. The normalized spacial score (nSPS) is 12.8. The summed E-state index contributed by atoms with van der Waals surface area (Å²) in [6.45, 7) is 4.12. The third-order valence-corrected chi connectivity index (χ3v) is 2.93. The van der Waals surface area contributed by atoms with Gasteiger partial charge in [0.2, 0.25) is 0 Å². The van der Waals surface area contributed by atoms with Crippen LogP contribution in [-0.4, -0.2) is 11.2 Å². The van der Waals surface area contributed by atoms with Crippen LogP contribution in [0.15, 0.2) is 35.0 Å². The largest absolute Gasteiger partial charge is 0.253 e. The second kappa shape index (κ2) is 3.69. The van der Waals surface area contributed by atoms with Crippen molar-refractivity contribution in [2.45, 2.75) is 13.8 Å². The van der Waals surface area contributed by atoms with Crippen LogP contribution in [0.5, 0.6) is 0 Å². The van der Waals surface area contributed by atoms with Gasteiger partial charge in [0.05, 0.1) is 11.2 Å². The van der Waals surface area contributed by atoms with Gasteiger partial charge in [-0.25, -0.2) is 0 Å². The molecule has 2 nitrogen and oxygen atoms in total. The Morgan fingerprint density at radius 1 is 1.18 bits per heavy atom. The van der Waals surface area contributed by atoms with E-state index in [2.05, 4.69) is 40.8 Å². The molecule has 0 N–H and O–H groups in total. The summed E-state index contributed by atoms with van der Waals surface area (Å²) in [6.07, 6.45) is 5.52. The van der Waals surface area contributed by atoms with Gasteiger partial charge < -0.3 is 0 Å². The van der Waals surface area contributed by atoms with Crippen molar-refractivity contribution in [1.82, 2.24) is 4.98 Å². The van der Waals surface area contributed by atoms with Crippen LogP contribution in [0.2, 0.25) is 0 Å². The molecule has 2 aromatic rings. The lowest BCUT2D eigenvalue weighted by molar-refractivity contribution is 1.23. The van der Waals surface area contributed by atoms with Crippen LogP contribution in [0, 0.1) is 13.8 Å². The predicted octanol–water partition coefficient (Wildman–Crippen LogP) is 3.74. The third-order valence-electron chi connectivity index (χ3n) is 2.93. The average molecular weight is 220 g/mol. The van der Waals surface area contributed by atoms with Crippen molar-refractivity contribution in [1.29, 1.82) is 0 Å². The standard InChI is InChI=1S/C15H12N2/c1-10-9-11(2)17-15-13(10)7-6-12-5-3-4-8-16-14(12)15/h4-9H,1-2H3. The number of aliphatic imine (C=N–C) groups is 1. The molecule has 1 aliphatic heterocycles. The molecule has 0 amide bonds. The molecule has 2 heteroatoms. The monoisotopic (exact) mass is 220 g/mol. The van der Waals surface area contributed by atoms with Gasteiger partial charge in [-0.1, -0.05) is 12.1 Å². The van der Waals surface area contributed by atoms with Crippen molar-refractivity contribution in [3.63, 3.8) is 0 Å². The van der Waals surface area contributed by atoms with Gasteiger partial charge in [0, 0.05) is 22.9 Å². The molecule has 1 aromatic carbocycles. The zero-order valence-electron chi connectivity index (χ0n) is 9.86. The number of benzene rings is 1. The maximum atomic E-state index is 4.62. The number of pyridine rings is 1. The minimum absolute atomic E-state index is 0.940. The quantitative estimate of drug-likeness (QED) is 0.621. The van der Waals surface area contributed by atoms with Gasteiger partial charge in [-0.3, -0.25) is 9.98 Å². The number of nitrogens with zero attached hydrogens (tertiary/aromatic N) is 2. The summed E-state index contributed by atoms with van der Waals surface area (Å²) >= 11 is 0. The first kappa shape index (κ1) is 10.0. The fourth-order valence-electron chi connectivity index (χ4n) is 2.17. The van der Waals surface area contributed by atoms with Crippen LogP contribution in [0.1, 0.15) is 16.8 Å². The van der Waals surface area contributed by atoms with Crippen molar-refractivity contribution in [3.8, 4) is 0 Å². The average Bonchev–Trinajstić information content (AvgIpc) is 2.53. The van der Waals surface area contributed by atoms with Gasteiger partial charge >= 0.3 is 0 Å². The van der Waals surface area contributed by atoms with Crippen LogP contribution in [-0.2, 0) is 0 Å². The Balaban J connectivity index is 2.47. The van der Waals surface area contributed by atoms with E-state index < -0.39 is 0 Å². The molecule has 0 spiro atoms. The van der Waals surface area contributed by atoms with Crippen LogP contribution < -0.4 is 0 Å². The predicted molar refractivity (Wildman–Crippen MR) is 71.9 cm³/mol. The lowest BCUT2D eigenvalue weighted by atomic mass is 10.0. The maximum absolute atomic E-state index is 4.62. The summed E-state index contributed by atoms with van der Waals surface area (Å²) in [5.74, 6) is 0. The number of fused-ring (bicyclic) bond motifs is 3. The van der Waals surface area contributed by atoms with E-state index in [1.165, 1.54) is 10.9 Å². The summed E-state index contributed by atoms with van der Waals surface area (Å²) in [6, 6.07) is 6.28. The summed E-state index contributed by atoms with van der Waals surface area (Å²) in [5, 5.41) is 1.17. The minimum Gasteiger partial charge on any atom is -0.253 e. The number of aryl methyl sites for hydroxylation is 2. The van der Waals surface area contributed by atoms with E-state index in [1.807, 2.05) is 19.1 Å². The first-order chi connectivity index (χ1) is 8.25. The molecule has 0 unspecified atom stereocenters. The van der Waals surface area contributed by atoms with E-state index in [-0.39, 0.29) is 0 Å². The fourth-order valence-corrected chi connectivity index (χ4v) is 2.17. The summed E-state index contributed by atoms with van der Waals surface area (Å²) in [5.41, 5.74) is 8.33. The number of allylic oxidation sites excluding steroid dienone is 1. The highest BCUT2D eigenvalue weighted by Gasteiger charge is 2.09. The zero-order chi connectivity index (χ0) is 11.8. The fraction of sp³-hybridized carbons (Fsp3) is 0.133. The molecule has 3 rings (SSSR count). The zero-order valence-corrected chi connectivity index (χ0v) is 9.86. The van der Waals surface area contributed by atoms with Crippen molar-refractivity contribution >= 4 is 28.9 Å². The molecule has 0 bridgehead atoms. The molecule has 0 saturated heterocycles. The number of rotatable bonds is 0. The molecular weight excluding hydrogens is 208 g/mol. The molecule has 1 aliphatic rings. The van der Waals surface area contributed by atoms with Gasteiger partial charge in [-0.2, -0.15) is 0 Å². The molecule has 0 fully saturated rings. The molecule has 0 radical (unpaired) electrons. The minimum atomic E-state index is 0.940. The number of aromatic nitrogens is 1. The molecular formula is C15H12N2. The van der Waals surface area contributed by atoms with Crippen molar-refractivity contribution < 1.29 is 0 Å². The Morgan fingerprint density at radius 3 is 2.94 bits per heavy atom. The number of hydrogen-bond acceptors (Lipinski definition) is 2. The Labute approximate surface area is 100 Å². The van der Waals surface area contributed by atoms with Gasteiger partial charge in [-0.15, -0.1) is 5.73 Å². The van der Waals surface area contributed by atoms with E-state index in [4.69, 9.17) is 0 Å². The highest BCUT2D eigenvalue weighted by Crippen LogP contribution is 2.32. The highest BCUT2D eigenvalue weighted by molar-refractivity contribution is 5.98. The van der Waals surface area contributed by atoms with E-state index >= 15 is 0 Å². The van der Waals surface area contributed by atoms with Crippen molar-refractivity contribution in [2.24, 2.45) is 4.99 Å². The third kappa shape index (κ3) is 1.59. The second-order valence-corrected chi connectivity index (χ2v) is 4.24. The van der Waals surface area contributed by atoms with E-state index in [0.717, 1.165) is 22.5 Å². The first-order valence-electron chi connectivity index (χ1n) is 5.62. The van der Waals surface area contributed by atoms with Crippen LogP contribution in [0.4, 0.5) is 5.69 Å². The Kier molecular flexibility index (Phi) is 2.17. The molecule has 1 aromatic heterocycles. The SMILES string of the molecule is Cc1cc(C)c2ccc3c(c2n1)N=CC=C=C3. The van der Waals surface area contributed by atoms with E-state index in [1.54, 1.807) is 6.21 Å². The van der Waals surface area contributed by atoms with Crippen molar-refractivity contribution in [3.05, 3.63) is 46.8 Å². The first-order valence-corrected chi connectivity index (χ1v) is 5.62. The molecule has 82 valence electrons. The second-order valence-electron chi connectivity index (χ2n) is 4.24. The maximum Gasteiger partial charge on any atom is 0.0971 e. The van der Waals surface area contributed by atoms with E-state index in [0.29, 0.717) is 0 Å². The molecule has 0 aliphatic carbocycles. The van der Waals surface area contributed by atoms with Gasteiger partial charge in [0.25, 0.3) is 0 Å². The van der Waals surface area contributed by atoms with Crippen LogP contribution in [0.3, 0.4) is 0 Å². The lowest BCUT2D eigenvalue weighted by Gasteiger charge is -2.08. The lowest BCUT2D eigenvalue weighted by Crippen LogP contribution is -1.89. The van der Waals surface area contributed by atoms with Crippen LogP contribution >= 0.6 is 0 Å². The van der Waals surface area contributed by atoms with Gasteiger partial charge in [0.15, 0.2) is 0 Å². The van der Waals surface area contributed by atoms with Crippen molar-refractivity contribution in [2.75, 3.05) is 0 Å². The molecule has 0 atom stereocenters. The molecule has 17 heavy (non-hydrogen) atoms. The summed E-state index contributed by atoms with van der Waals surface area (Å²) in [4.78, 5) is 9.08.